The molecule has 2 rings (SSSR count). The molecule has 1 saturated heterocycles. The first kappa shape index (κ1) is 12.1. The van der Waals surface area contributed by atoms with Crippen molar-refractivity contribution in [1.82, 2.24) is 10.2 Å². The van der Waals surface area contributed by atoms with Gasteiger partial charge in [-0.1, -0.05) is 0 Å². The number of thiophene rings is 1. The van der Waals surface area contributed by atoms with E-state index in [1.54, 1.807) is 0 Å². The summed E-state index contributed by atoms with van der Waals surface area (Å²) in [6.07, 6.45) is 2.68. The van der Waals surface area contributed by atoms with E-state index in [2.05, 4.69) is 36.2 Å². The molecule has 0 aromatic carbocycles. The van der Waals surface area contributed by atoms with E-state index in [0.717, 1.165) is 13.1 Å². The van der Waals surface area contributed by atoms with Crippen LogP contribution in [0.2, 0.25) is 0 Å². The molecular weight excluding hydrogens is 216 g/mol. The van der Waals surface area contributed by atoms with E-state index in [1.165, 1.54) is 29.1 Å². The molecule has 0 amide bonds. The summed E-state index contributed by atoms with van der Waals surface area (Å²) in [5, 5.41) is 3.20. The van der Waals surface area contributed by atoms with Crippen molar-refractivity contribution in [3.05, 3.63) is 21.9 Å². The van der Waals surface area contributed by atoms with Gasteiger partial charge in [0.1, 0.15) is 0 Å². The third kappa shape index (κ3) is 2.65. The Bertz CT molecular complexity index is 343. The molecule has 0 aliphatic carbocycles. The van der Waals surface area contributed by atoms with Crippen LogP contribution in [-0.2, 0) is 13.1 Å². The van der Waals surface area contributed by atoms with Crippen molar-refractivity contribution in [2.75, 3.05) is 13.6 Å². The lowest BCUT2D eigenvalue weighted by molar-refractivity contribution is 0.168. The highest BCUT2D eigenvalue weighted by Crippen LogP contribution is 2.31. The Morgan fingerprint density at radius 1 is 1.38 bits per heavy atom. The number of likely N-dealkylation sites (tertiary alicyclic amines) is 1. The second-order valence-corrected chi connectivity index (χ2v) is 6.49. The molecule has 2 heterocycles. The van der Waals surface area contributed by atoms with Gasteiger partial charge in [-0.15, -0.1) is 11.3 Å². The van der Waals surface area contributed by atoms with Crippen LogP contribution in [0, 0.1) is 0 Å². The average molecular weight is 238 g/mol. The maximum Gasteiger partial charge on any atom is 0.0333 e. The quantitative estimate of drug-likeness (QED) is 0.868. The molecule has 0 spiro atoms. The fourth-order valence-electron chi connectivity index (χ4n) is 2.42. The molecule has 1 N–H and O–H groups in total. The van der Waals surface area contributed by atoms with Gasteiger partial charge in [-0.05, 0) is 52.4 Å². The van der Waals surface area contributed by atoms with Gasteiger partial charge >= 0.3 is 0 Å². The molecular formula is C13H22N2S. The molecule has 1 aromatic heterocycles. The summed E-state index contributed by atoms with van der Waals surface area (Å²) in [5.41, 5.74) is 0.396. The number of hydrogen-bond donors (Lipinski definition) is 1. The molecule has 1 fully saturated rings. The van der Waals surface area contributed by atoms with Gasteiger partial charge in [-0.25, -0.2) is 0 Å². The minimum Gasteiger partial charge on any atom is -0.315 e. The predicted octanol–water partition coefficient (Wildman–Crippen LogP) is 2.84. The fourth-order valence-corrected chi connectivity index (χ4v) is 3.47. The molecule has 3 heteroatoms. The second-order valence-electron chi connectivity index (χ2n) is 5.24. The monoisotopic (exact) mass is 238 g/mol. The Morgan fingerprint density at radius 3 is 2.75 bits per heavy atom. The highest BCUT2D eigenvalue weighted by Gasteiger charge is 2.31. The van der Waals surface area contributed by atoms with Crippen LogP contribution in [-0.4, -0.2) is 24.0 Å². The Morgan fingerprint density at radius 2 is 2.12 bits per heavy atom. The maximum absolute atomic E-state index is 3.20. The van der Waals surface area contributed by atoms with Crippen molar-refractivity contribution < 1.29 is 0 Å². The Kier molecular flexibility index (Phi) is 3.67. The lowest BCUT2D eigenvalue weighted by Gasteiger charge is -2.31. The molecule has 0 unspecified atom stereocenters. The van der Waals surface area contributed by atoms with E-state index in [1.807, 2.05) is 18.4 Å². The SMILES string of the molecule is CNCc1ccc(CN2CCCC2(C)C)s1. The minimum atomic E-state index is 0.396. The van der Waals surface area contributed by atoms with Gasteiger partial charge in [0.2, 0.25) is 0 Å². The van der Waals surface area contributed by atoms with Crippen LogP contribution in [0.25, 0.3) is 0 Å². The zero-order valence-electron chi connectivity index (χ0n) is 10.5. The minimum absolute atomic E-state index is 0.396. The molecule has 1 aliphatic rings. The summed E-state index contributed by atoms with van der Waals surface area (Å²) in [4.78, 5) is 5.55. The lowest BCUT2D eigenvalue weighted by Crippen LogP contribution is -2.37. The average Bonchev–Trinajstić information content (AvgIpc) is 2.76. The van der Waals surface area contributed by atoms with Crippen LogP contribution >= 0.6 is 11.3 Å². The zero-order valence-corrected chi connectivity index (χ0v) is 11.4. The smallest absolute Gasteiger partial charge is 0.0333 e. The second kappa shape index (κ2) is 4.86. The number of nitrogens with one attached hydrogen (secondary N) is 1. The number of rotatable bonds is 4. The van der Waals surface area contributed by atoms with Crippen molar-refractivity contribution >= 4 is 11.3 Å². The first-order valence-electron chi connectivity index (χ1n) is 6.09. The first-order valence-corrected chi connectivity index (χ1v) is 6.91. The maximum atomic E-state index is 3.20. The fraction of sp³-hybridized carbons (Fsp3) is 0.692. The summed E-state index contributed by atoms with van der Waals surface area (Å²) < 4.78 is 0. The third-order valence-electron chi connectivity index (χ3n) is 3.49. The van der Waals surface area contributed by atoms with Gasteiger partial charge in [0, 0.05) is 28.4 Å². The van der Waals surface area contributed by atoms with Crippen molar-refractivity contribution in [3.63, 3.8) is 0 Å². The summed E-state index contributed by atoms with van der Waals surface area (Å²) >= 11 is 1.94. The molecule has 0 radical (unpaired) electrons. The van der Waals surface area contributed by atoms with Gasteiger partial charge in [-0.3, -0.25) is 4.90 Å². The molecule has 1 aromatic rings. The van der Waals surface area contributed by atoms with Crippen LogP contribution in [0.5, 0.6) is 0 Å². The van der Waals surface area contributed by atoms with E-state index >= 15 is 0 Å². The third-order valence-corrected chi connectivity index (χ3v) is 4.56. The van der Waals surface area contributed by atoms with Crippen molar-refractivity contribution in [1.29, 1.82) is 0 Å². The Hall–Kier alpha value is -0.380. The Balaban J connectivity index is 1.98. The Labute approximate surface area is 103 Å². The highest BCUT2D eigenvalue weighted by atomic mass is 32.1. The highest BCUT2D eigenvalue weighted by molar-refractivity contribution is 7.11. The molecule has 16 heavy (non-hydrogen) atoms. The molecule has 0 bridgehead atoms. The van der Waals surface area contributed by atoms with Crippen LogP contribution < -0.4 is 5.32 Å². The number of nitrogens with zero attached hydrogens (tertiary/aromatic N) is 1. The largest absolute Gasteiger partial charge is 0.315 e. The molecule has 90 valence electrons. The van der Waals surface area contributed by atoms with Crippen LogP contribution in [0.3, 0.4) is 0 Å². The van der Waals surface area contributed by atoms with Crippen LogP contribution in [0.15, 0.2) is 12.1 Å². The molecule has 0 atom stereocenters. The van der Waals surface area contributed by atoms with Gasteiger partial charge in [-0.2, -0.15) is 0 Å². The van der Waals surface area contributed by atoms with E-state index in [-0.39, 0.29) is 0 Å². The first-order chi connectivity index (χ1) is 7.62. The van der Waals surface area contributed by atoms with Gasteiger partial charge < -0.3 is 5.32 Å². The van der Waals surface area contributed by atoms with E-state index in [0.29, 0.717) is 5.54 Å². The van der Waals surface area contributed by atoms with Gasteiger partial charge in [0.25, 0.3) is 0 Å². The van der Waals surface area contributed by atoms with E-state index in [4.69, 9.17) is 0 Å². The van der Waals surface area contributed by atoms with E-state index in [9.17, 15) is 0 Å². The van der Waals surface area contributed by atoms with Gasteiger partial charge in [0.05, 0.1) is 0 Å². The van der Waals surface area contributed by atoms with Gasteiger partial charge in [0.15, 0.2) is 0 Å². The summed E-state index contributed by atoms with van der Waals surface area (Å²) in [6, 6.07) is 4.53. The topological polar surface area (TPSA) is 15.3 Å². The van der Waals surface area contributed by atoms with Crippen molar-refractivity contribution in [2.45, 2.75) is 45.3 Å². The zero-order chi connectivity index (χ0) is 11.6. The summed E-state index contributed by atoms with van der Waals surface area (Å²) in [5.74, 6) is 0. The van der Waals surface area contributed by atoms with Crippen LogP contribution in [0.1, 0.15) is 36.4 Å². The molecule has 0 saturated carbocycles. The standard InChI is InChI=1S/C13H22N2S/c1-13(2)7-4-8-15(13)10-12-6-5-11(16-12)9-14-3/h5-6,14H,4,7-10H2,1-3H3. The van der Waals surface area contributed by atoms with E-state index < -0.39 is 0 Å². The predicted molar refractivity (Wildman–Crippen MR) is 70.8 cm³/mol. The normalized spacial score (nSPS) is 20.4. The van der Waals surface area contributed by atoms with Crippen molar-refractivity contribution in [3.8, 4) is 0 Å². The lowest BCUT2D eigenvalue weighted by atomic mass is 10.0. The van der Waals surface area contributed by atoms with Crippen molar-refractivity contribution in [2.24, 2.45) is 0 Å². The number of hydrogen-bond acceptors (Lipinski definition) is 3. The summed E-state index contributed by atoms with van der Waals surface area (Å²) in [6.45, 7) is 8.10. The molecule has 1 aliphatic heterocycles. The summed E-state index contributed by atoms with van der Waals surface area (Å²) in [7, 11) is 2.00. The molecule has 2 nitrogen and oxygen atoms in total. The van der Waals surface area contributed by atoms with Crippen LogP contribution in [0.4, 0.5) is 0 Å².